The summed E-state index contributed by atoms with van der Waals surface area (Å²) in [6, 6.07) is 18.5. The molecule has 0 fully saturated rings. The van der Waals surface area contributed by atoms with Crippen molar-refractivity contribution < 1.29 is 8.42 Å². The molecular formula is C22H15ClN6O2S. The largest absolute Gasteiger partial charge is 0.382 e. The maximum absolute atomic E-state index is 13.6. The number of nitrogens with two attached hydrogens (primary N) is 1. The number of benzene rings is 2. The van der Waals surface area contributed by atoms with E-state index in [1.807, 2.05) is 12.1 Å². The Morgan fingerprint density at radius 3 is 2.44 bits per heavy atom. The number of hydrogen-bond donors (Lipinski definition) is 1. The second-order valence-electron chi connectivity index (χ2n) is 6.87. The Hall–Kier alpha value is -3.82. The number of para-hydroxylation sites is 2. The van der Waals surface area contributed by atoms with E-state index in [2.05, 4.69) is 20.1 Å². The number of aromatic nitrogens is 4. The number of pyridine rings is 1. The number of anilines is 1. The van der Waals surface area contributed by atoms with Gasteiger partial charge >= 0.3 is 0 Å². The molecule has 0 unspecified atom stereocenters. The lowest BCUT2D eigenvalue weighted by molar-refractivity contribution is 0.597. The molecule has 0 radical (unpaired) electrons. The molecule has 0 aliphatic rings. The summed E-state index contributed by atoms with van der Waals surface area (Å²) < 4.78 is 28.4. The van der Waals surface area contributed by atoms with Crippen LogP contribution in [0.1, 0.15) is 5.69 Å². The van der Waals surface area contributed by atoms with E-state index < -0.39 is 9.84 Å². The van der Waals surface area contributed by atoms with Gasteiger partial charge in [-0.2, -0.15) is 9.78 Å². The second kappa shape index (κ2) is 7.70. The normalized spacial score (nSPS) is 12.2. The summed E-state index contributed by atoms with van der Waals surface area (Å²) in [6.07, 6.45) is 3.10. The maximum atomic E-state index is 13.6. The Morgan fingerprint density at radius 1 is 0.969 bits per heavy atom. The molecule has 0 amide bonds. The van der Waals surface area contributed by atoms with Crippen LogP contribution in [-0.2, 0) is 9.84 Å². The number of fused-ring (bicyclic) bond motifs is 2. The van der Waals surface area contributed by atoms with E-state index in [0.717, 1.165) is 0 Å². The Kier molecular flexibility index (Phi) is 4.84. The van der Waals surface area contributed by atoms with Gasteiger partial charge in [-0.05, 0) is 42.5 Å². The molecule has 0 aliphatic carbocycles. The summed E-state index contributed by atoms with van der Waals surface area (Å²) in [4.78, 5) is 13.2. The predicted molar refractivity (Wildman–Crippen MR) is 124 cm³/mol. The first-order chi connectivity index (χ1) is 15.4. The summed E-state index contributed by atoms with van der Waals surface area (Å²) in [5.41, 5.74) is 8.37. The van der Waals surface area contributed by atoms with Crippen LogP contribution < -0.4 is 5.73 Å². The summed E-state index contributed by atoms with van der Waals surface area (Å²) in [5.74, 6) is -0.109. The van der Waals surface area contributed by atoms with E-state index in [0.29, 0.717) is 16.7 Å². The summed E-state index contributed by atoms with van der Waals surface area (Å²) in [6.45, 7) is 0. The van der Waals surface area contributed by atoms with E-state index in [1.165, 1.54) is 23.0 Å². The molecule has 0 bridgehead atoms. The third-order valence-electron chi connectivity index (χ3n) is 4.80. The quantitative estimate of drug-likeness (QED) is 0.404. The molecule has 3 heterocycles. The third kappa shape index (κ3) is 3.37. The van der Waals surface area contributed by atoms with Gasteiger partial charge in [-0.1, -0.05) is 35.9 Å². The molecule has 8 nitrogen and oxygen atoms in total. The first-order valence-corrected chi connectivity index (χ1v) is 11.3. The van der Waals surface area contributed by atoms with Crippen LogP contribution in [0.4, 0.5) is 5.82 Å². The molecule has 158 valence electrons. The van der Waals surface area contributed by atoms with Gasteiger partial charge in [-0.3, -0.25) is 4.98 Å². The van der Waals surface area contributed by atoms with Crippen molar-refractivity contribution in [3.8, 4) is 0 Å². The molecule has 0 aliphatic heterocycles. The Labute approximate surface area is 187 Å². The second-order valence-corrected chi connectivity index (χ2v) is 9.19. The molecule has 5 aromatic rings. The highest BCUT2D eigenvalue weighted by atomic mass is 35.5. The highest BCUT2D eigenvalue weighted by Crippen LogP contribution is 2.35. The monoisotopic (exact) mass is 462 g/mol. The first kappa shape index (κ1) is 20.1. The van der Waals surface area contributed by atoms with Crippen LogP contribution in [0.25, 0.3) is 22.2 Å². The zero-order valence-corrected chi connectivity index (χ0v) is 18.0. The van der Waals surface area contributed by atoms with Crippen molar-refractivity contribution in [1.82, 2.24) is 19.6 Å². The van der Waals surface area contributed by atoms with Gasteiger partial charge in [0.05, 0.1) is 27.8 Å². The van der Waals surface area contributed by atoms with Crippen LogP contribution >= 0.6 is 11.6 Å². The summed E-state index contributed by atoms with van der Waals surface area (Å²) >= 11 is 6.04. The number of nitrogen functional groups attached to an aromatic ring is 1. The van der Waals surface area contributed by atoms with E-state index in [4.69, 9.17) is 17.3 Å². The standard InChI is InChI=1S/C22H15ClN6O2S/c23-14-6-5-8-16(12-14)32(30,31)20-19-22(28-18-10-2-1-9-17(18)27-19)29(21(20)24)26-13-15-7-3-4-11-25-15/h1-13H,24H2. The van der Waals surface area contributed by atoms with Gasteiger partial charge < -0.3 is 5.73 Å². The molecule has 0 atom stereocenters. The molecule has 5 rings (SSSR count). The lowest BCUT2D eigenvalue weighted by Gasteiger charge is -2.05. The van der Waals surface area contributed by atoms with E-state index in [-0.39, 0.29) is 31.8 Å². The average molecular weight is 463 g/mol. The highest BCUT2D eigenvalue weighted by molar-refractivity contribution is 7.92. The average Bonchev–Trinajstić information content (AvgIpc) is 3.07. The Morgan fingerprint density at radius 2 is 1.72 bits per heavy atom. The zero-order valence-electron chi connectivity index (χ0n) is 16.4. The van der Waals surface area contributed by atoms with Crippen molar-refractivity contribution in [2.24, 2.45) is 5.10 Å². The van der Waals surface area contributed by atoms with Crippen molar-refractivity contribution in [3.05, 3.63) is 83.6 Å². The van der Waals surface area contributed by atoms with Crippen LogP contribution in [0, 0.1) is 0 Å². The lowest BCUT2D eigenvalue weighted by Crippen LogP contribution is -2.06. The SMILES string of the molecule is Nc1c(S(=O)(=O)c2cccc(Cl)c2)c2nc3ccccc3nc2n1N=Cc1ccccn1. The number of hydrogen-bond acceptors (Lipinski definition) is 7. The van der Waals surface area contributed by atoms with E-state index >= 15 is 0 Å². The number of sulfone groups is 1. The third-order valence-corrected chi connectivity index (χ3v) is 6.85. The van der Waals surface area contributed by atoms with Gasteiger partial charge in [0.15, 0.2) is 5.65 Å². The summed E-state index contributed by atoms with van der Waals surface area (Å²) in [7, 11) is -4.07. The maximum Gasteiger partial charge on any atom is 0.212 e. The van der Waals surface area contributed by atoms with Crippen LogP contribution in [0.3, 0.4) is 0 Å². The fraction of sp³-hybridized carbons (Fsp3) is 0. The van der Waals surface area contributed by atoms with Crippen molar-refractivity contribution in [2.45, 2.75) is 9.79 Å². The Balaban J connectivity index is 1.82. The molecule has 2 aromatic carbocycles. The van der Waals surface area contributed by atoms with Crippen molar-refractivity contribution in [1.29, 1.82) is 0 Å². The number of halogens is 1. The van der Waals surface area contributed by atoms with Gasteiger partial charge in [-0.25, -0.2) is 18.4 Å². The number of rotatable bonds is 4. The van der Waals surface area contributed by atoms with Crippen LogP contribution in [0.5, 0.6) is 0 Å². The van der Waals surface area contributed by atoms with E-state index in [9.17, 15) is 8.42 Å². The fourth-order valence-electron chi connectivity index (χ4n) is 3.33. The van der Waals surface area contributed by atoms with E-state index in [1.54, 1.807) is 48.7 Å². The Bertz CT molecular complexity index is 1610. The molecule has 10 heteroatoms. The predicted octanol–water partition coefficient (Wildman–Crippen LogP) is 3.93. The van der Waals surface area contributed by atoms with Crippen LogP contribution in [0.15, 0.2) is 87.8 Å². The first-order valence-electron chi connectivity index (χ1n) is 9.48. The number of nitrogens with zero attached hydrogens (tertiary/aromatic N) is 5. The summed E-state index contributed by atoms with van der Waals surface area (Å²) in [5, 5.41) is 4.66. The minimum Gasteiger partial charge on any atom is -0.382 e. The van der Waals surface area contributed by atoms with Crippen molar-refractivity contribution >= 4 is 55.7 Å². The molecule has 0 saturated heterocycles. The molecular weight excluding hydrogens is 448 g/mol. The minimum atomic E-state index is -4.07. The van der Waals surface area contributed by atoms with Crippen LogP contribution in [-0.4, -0.2) is 34.3 Å². The van der Waals surface area contributed by atoms with Gasteiger partial charge in [0.25, 0.3) is 0 Å². The van der Waals surface area contributed by atoms with Crippen LogP contribution in [0.2, 0.25) is 5.02 Å². The zero-order chi connectivity index (χ0) is 22.3. The molecule has 32 heavy (non-hydrogen) atoms. The lowest BCUT2D eigenvalue weighted by atomic mass is 10.3. The van der Waals surface area contributed by atoms with Gasteiger partial charge in [0.1, 0.15) is 16.2 Å². The molecule has 0 spiro atoms. The van der Waals surface area contributed by atoms with Gasteiger partial charge in [-0.15, -0.1) is 0 Å². The molecule has 2 N–H and O–H groups in total. The minimum absolute atomic E-state index is 0.000542. The highest BCUT2D eigenvalue weighted by Gasteiger charge is 2.30. The molecule has 0 saturated carbocycles. The topological polar surface area (TPSA) is 116 Å². The van der Waals surface area contributed by atoms with Gasteiger partial charge in [0, 0.05) is 11.2 Å². The van der Waals surface area contributed by atoms with Crippen molar-refractivity contribution in [2.75, 3.05) is 5.73 Å². The van der Waals surface area contributed by atoms with Gasteiger partial charge in [0.2, 0.25) is 9.84 Å². The fourth-order valence-corrected chi connectivity index (χ4v) is 5.11. The molecule has 3 aromatic heterocycles. The van der Waals surface area contributed by atoms with Crippen molar-refractivity contribution in [3.63, 3.8) is 0 Å². The smallest absolute Gasteiger partial charge is 0.212 e.